The lowest BCUT2D eigenvalue weighted by Gasteiger charge is -2.34. The Kier molecular flexibility index (Phi) is 4.83. The van der Waals surface area contributed by atoms with E-state index >= 15 is 0 Å². The van der Waals surface area contributed by atoms with Crippen LogP contribution in [0.1, 0.15) is 12.8 Å². The second-order valence-corrected chi connectivity index (χ2v) is 7.85. The predicted octanol–water partition coefficient (Wildman–Crippen LogP) is 4.52. The molecular formula is C7H8Cl6O. The lowest BCUT2D eigenvalue weighted by molar-refractivity contribution is 0.0655. The number of rotatable bonds is 1. The average molecular weight is 321 g/mol. The quantitative estimate of drug-likeness (QED) is 0.645. The van der Waals surface area contributed by atoms with Crippen molar-refractivity contribution in [1.29, 1.82) is 0 Å². The molecule has 0 aromatic heterocycles. The number of halogens is 6. The summed E-state index contributed by atoms with van der Waals surface area (Å²) >= 11 is 34.6. The Bertz CT molecular complexity index is 175. The van der Waals surface area contributed by atoms with E-state index in [1.165, 1.54) is 0 Å². The third kappa shape index (κ3) is 3.62. The standard InChI is InChI=1S/C7H8Cl6O/c8-6(9,10)5(7(11,12)13)4-2-1-3-14-4/h4-5H,1-3H2. The SMILES string of the molecule is ClC(Cl)(Cl)C(C1CCCO1)C(Cl)(Cl)Cl. The van der Waals surface area contributed by atoms with Gasteiger partial charge in [-0.3, -0.25) is 0 Å². The van der Waals surface area contributed by atoms with E-state index in [0.717, 1.165) is 12.8 Å². The lowest BCUT2D eigenvalue weighted by Crippen LogP contribution is -2.41. The lowest BCUT2D eigenvalue weighted by atomic mass is 10.0. The van der Waals surface area contributed by atoms with Gasteiger partial charge in [0.2, 0.25) is 0 Å². The van der Waals surface area contributed by atoms with Crippen LogP contribution in [0.2, 0.25) is 0 Å². The van der Waals surface area contributed by atoms with Crippen LogP contribution in [0.25, 0.3) is 0 Å². The Morgan fingerprint density at radius 2 is 1.50 bits per heavy atom. The van der Waals surface area contributed by atoms with Gasteiger partial charge < -0.3 is 4.74 Å². The number of alkyl halides is 6. The van der Waals surface area contributed by atoms with Crippen molar-refractivity contribution in [2.75, 3.05) is 6.61 Å². The molecule has 1 atom stereocenters. The summed E-state index contributed by atoms with van der Waals surface area (Å²) in [6.45, 7) is 0.614. The highest BCUT2D eigenvalue weighted by Gasteiger charge is 2.51. The van der Waals surface area contributed by atoms with Gasteiger partial charge in [-0.05, 0) is 12.8 Å². The molecule has 0 bridgehead atoms. The maximum Gasteiger partial charge on any atom is 0.199 e. The fourth-order valence-electron chi connectivity index (χ4n) is 1.47. The van der Waals surface area contributed by atoms with Gasteiger partial charge in [0.05, 0.1) is 12.0 Å². The summed E-state index contributed by atoms with van der Waals surface area (Å²) in [4.78, 5) is 0. The molecule has 1 heterocycles. The molecule has 7 heteroatoms. The normalized spacial score (nSPS) is 24.6. The smallest absolute Gasteiger partial charge is 0.199 e. The largest absolute Gasteiger partial charge is 0.378 e. The van der Waals surface area contributed by atoms with Gasteiger partial charge in [-0.25, -0.2) is 0 Å². The summed E-state index contributed by atoms with van der Waals surface area (Å²) < 4.78 is 2.08. The summed E-state index contributed by atoms with van der Waals surface area (Å²) in [6.07, 6.45) is 1.32. The average Bonchev–Trinajstić information content (AvgIpc) is 2.31. The molecular weight excluding hydrogens is 313 g/mol. The van der Waals surface area contributed by atoms with E-state index < -0.39 is 13.5 Å². The third-order valence-corrected chi connectivity index (χ3v) is 3.45. The molecule has 1 nitrogen and oxygen atoms in total. The van der Waals surface area contributed by atoms with E-state index in [9.17, 15) is 0 Å². The Morgan fingerprint density at radius 3 is 1.79 bits per heavy atom. The molecule has 1 unspecified atom stereocenters. The first-order valence-corrected chi connectivity index (χ1v) is 6.24. The summed E-state index contributed by atoms with van der Waals surface area (Å²) in [7, 11) is 0. The summed E-state index contributed by atoms with van der Waals surface area (Å²) in [5.41, 5.74) is 0. The monoisotopic (exact) mass is 318 g/mol. The minimum absolute atomic E-state index is 0.310. The molecule has 0 N–H and O–H groups in total. The van der Waals surface area contributed by atoms with Gasteiger partial charge in [-0.1, -0.05) is 69.6 Å². The van der Waals surface area contributed by atoms with Crippen LogP contribution in [-0.4, -0.2) is 20.3 Å². The fourth-order valence-corrected chi connectivity index (χ4v) is 3.80. The Morgan fingerprint density at radius 1 is 1.00 bits per heavy atom. The fraction of sp³-hybridized carbons (Fsp3) is 1.00. The van der Waals surface area contributed by atoms with Crippen molar-refractivity contribution in [2.45, 2.75) is 26.5 Å². The number of ether oxygens (including phenoxy) is 1. The molecule has 0 aromatic rings. The second-order valence-electron chi connectivity index (χ2n) is 3.11. The van der Waals surface area contributed by atoms with Crippen molar-refractivity contribution in [1.82, 2.24) is 0 Å². The van der Waals surface area contributed by atoms with Crippen molar-refractivity contribution < 1.29 is 4.74 Å². The zero-order chi connectivity index (χ0) is 11.0. The molecule has 1 rings (SSSR count). The van der Waals surface area contributed by atoms with Crippen LogP contribution >= 0.6 is 69.6 Å². The molecule has 0 aromatic carbocycles. The molecule has 0 aliphatic carbocycles. The van der Waals surface area contributed by atoms with E-state index in [4.69, 9.17) is 74.3 Å². The number of hydrogen-bond donors (Lipinski definition) is 0. The highest BCUT2D eigenvalue weighted by molar-refractivity contribution is 6.72. The minimum Gasteiger partial charge on any atom is -0.378 e. The van der Waals surface area contributed by atoms with Gasteiger partial charge in [-0.15, -0.1) is 0 Å². The predicted molar refractivity (Wildman–Crippen MR) is 63.0 cm³/mol. The topological polar surface area (TPSA) is 9.23 Å². The zero-order valence-electron chi connectivity index (χ0n) is 6.95. The van der Waals surface area contributed by atoms with E-state index in [1.807, 2.05) is 0 Å². The minimum atomic E-state index is -1.64. The van der Waals surface area contributed by atoms with E-state index in [-0.39, 0.29) is 6.10 Å². The molecule has 1 aliphatic rings. The van der Waals surface area contributed by atoms with Crippen LogP contribution in [0.15, 0.2) is 0 Å². The second kappa shape index (κ2) is 4.91. The van der Waals surface area contributed by atoms with Crippen molar-refractivity contribution in [3.8, 4) is 0 Å². The van der Waals surface area contributed by atoms with Gasteiger partial charge >= 0.3 is 0 Å². The van der Waals surface area contributed by atoms with E-state index in [0.29, 0.717) is 6.61 Å². The van der Waals surface area contributed by atoms with Gasteiger partial charge in [0, 0.05) is 6.61 Å². The van der Waals surface area contributed by atoms with Crippen LogP contribution in [-0.2, 0) is 4.74 Å². The molecule has 1 fully saturated rings. The maximum absolute atomic E-state index is 5.76. The van der Waals surface area contributed by atoms with Crippen molar-refractivity contribution in [3.63, 3.8) is 0 Å². The van der Waals surface area contributed by atoms with Crippen LogP contribution in [0.4, 0.5) is 0 Å². The third-order valence-electron chi connectivity index (χ3n) is 2.04. The molecule has 0 radical (unpaired) electrons. The summed E-state index contributed by atoms with van der Waals surface area (Å²) in [5, 5.41) is 0. The van der Waals surface area contributed by atoms with Gasteiger partial charge in [0.15, 0.2) is 7.59 Å². The van der Waals surface area contributed by atoms with Crippen molar-refractivity contribution >= 4 is 69.6 Å². The molecule has 84 valence electrons. The molecule has 1 saturated heterocycles. The van der Waals surface area contributed by atoms with Gasteiger partial charge in [0.1, 0.15) is 0 Å². The zero-order valence-corrected chi connectivity index (χ0v) is 11.5. The van der Waals surface area contributed by atoms with Crippen LogP contribution in [0, 0.1) is 5.92 Å². The van der Waals surface area contributed by atoms with Crippen LogP contribution in [0.3, 0.4) is 0 Å². The highest BCUT2D eigenvalue weighted by atomic mass is 35.6. The molecule has 0 spiro atoms. The summed E-state index contributed by atoms with van der Waals surface area (Å²) in [6, 6.07) is 0. The first-order chi connectivity index (χ1) is 6.23. The van der Waals surface area contributed by atoms with Crippen molar-refractivity contribution in [2.24, 2.45) is 5.92 Å². The van der Waals surface area contributed by atoms with Crippen LogP contribution in [0.5, 0.6) is 0 Å². The summed E-state index contributed by atoms with van der Waals surface area (Å²) in [5.74, 6) is -0.757. The molecule has 14 heavy (non-hydrogen) atoms. The van der Waals surface area contributed by atoms with Crippen LogP contribution < -0.4 is 0 Å². The van der Waals surface area contributed by atoms with Gasteiger partial charge in [-0.2, -0.15) is 0 Å². The Labute approximate surface area is 113 Å². The molecule has 0 amide bonds. The molecule has 0 saturated carbocycles. The van der Waals surface area contributed by atoms with E-state index in [1.54, 1.807) is 0 Å². The first-order valence-electron chi connectivity index (χ1n) is 3.98. The maximum atomic E-state index is 5.76. The highest BCUT2D eigenvalue weighted by Crippen LogP contribution is 2.52. The first kappa shape index (κ1) is 13.8. The van der Waals surface area contributed by atoms with Crippen molar-refractivity contribution in [3.05, 3.63) is 0 Å². The Hall–Kier alpha value is 1.70. The Balaban J connectivity index is 2.82. The van der Waals surface area contributed by atoms with Gasteiger partial charge in [0.25, 0.3) is 0 Å². The van der Waals surface area contributed by atoms with E-state index in [2.05, 4.69) is 0 Å². The number of hydrogen-bond acceptors (Lipinski definition) is 1. The molecule has 1 aliphatic heterocycles.